The van der Waals surface area contributed by atoms with E-state index in [1.54, 1.807) is 24.3 Å². The molecule has 45 heavy (non-hydrogen) atoms. The molecule has 4 rings (SSSR count). The van der Waals surface area contributed by atoms with Crippen molar-refractivity contribution in [2.75, 3.05) is 20.2 Å². The van der Waals surface area contributed by atoms with Crippen LogP contribution in [0, 0.1) is 18.0 Å². The highest BCUT2D eigenvalue weighted by atomic mass is 32.2. The van der Waals surface area contributed by atoms with Crippen LogP contribution in [-0.4, -0.2) is 66.7 Å². The van der Waals surface area contributed by atoms with Gasteiger partial charge in [0.05, 0.1) is 41.4 Å². The molecular formula is C27H29F3N6O8S. The molecule has 0 saturated carbocycles. The molecule has 1 aliphatic rings. The fraction of sp³-hybridized carbons (Fsp3) is 0.370. The van der Waals surface area contributed by atoms with Gasteiger partial charge in [-0.2, -0.15) is 18.3 Å². The Bertz CT molecular complexity index is 1650. The largest absolute Gasteiger partial charge is 0.569 e. The zero-order chi connectivity index (χ0) is 32.9. The minimum absolute atomic E-state index is 0.0442. The molecule has 1 amide bonds. The molecular weight excluding hydrogens is 625 g/mol. The first-order chi connectivity index (χ1) is 21.2. The van der Waals surface area contributed by atoms with E-state index in [0.717, 1.165) is 35.6 Å². The molecule has 14 nitrogen and oxygen atoms in total. The molecule has 2 aromatic carbocycles. The molecule has 1 aromatic heterocycles. The normalized spacial score (nSPS) is 15.3. The molecule has 3 aromatic rings. The van der Waals surface area contributed by atoms with Crippen molar-refractivity contribution in [2.45, 2.75) is 44.1 Å². The number of piperidine rings is 1. The van der Waals surface area contributed by atoms with Gasteiger partial charge in [-0.3, -0.25) is 9.63 Å². The highest BCUT2D eigenvalue weighted by Gasteiger charge is 2.35. The van der Waals surface area contributed by atoms with E-state index in [2.05, 4.69) is 19.8 Å². The van der Waals surface area contributed by atoms with Gasteiger partial charge >= 0.3 is 12.3 Å². The summed E-state index contributed by atoms with van der Waals surface area (Å²) in [6.07, 6.45) is -6.71. The van der Waals surface area contributed by atoms with Crippen LogP contribution in [0.5, 0.6) is 0 Å². The van der Waals surface area contributed by atoms with Crippen molar-refractivity contribution < 1.29 is 50.5 Å². The lowest BCUT2D eigenvalue weighted by Gasteiger charge is -2.27. The number of sulfonamides is 1. The second kappa shape index (κ2) is 13.4. The number of aromatic nitrogens is 2. The first kappa shape index (κ1) is 33.0. The fourth-order valence-electron chi connectivity index (χ4n) is 4.35. The van der Waals surface area contributed by atoms with E-state index in [1.165, 1.54) is 24.1 Å². The quantitative estimate of drug-likeness (QED) is 0.115. The number of benzene rings is 2. The summed E-state index contributed by atoms with van der Waals surface area (Å²) >= 11 is 0. The molecule has 1 atom stereocenters. The zero-order valence-corrected chi connectivity index (χ0v) is 25.0. The van der Waals surface area contributed by atoms with E-state index in [-0.39, 0.29) is 47.2 Å². The lowest BCUT2D eigenvalue weighted by Crippen LogP contribution is -2.44. The Kier molecular flexibility index (Phi) is 9.84. The molecule has 1 saturated heterocycles. The molecule has 0 spiro atoms. The summed E-state index contributed by atoms with van der Waals surface area (Å²) in [5.74, 6) is -1.53. The monoisotopic (exact) mass is 654 g/mol. The predicted molar refractivity (Wildman–Crippen MR) is 148 cm³/mol. The standard InChI is InChI=1S/C27H29F3N6O8S/c1-17-4-6-19(7-5-17)23-16-24(27(28,29)30)31-35(23)21-8-10-22(11-9-21)45(40,41)32-25(37)20-12-14-34(15-13-20)36(39)33-44-18(2)43-26(38)42-3/h4-11,16,18,20H,12-15H2,1-3H3,(H,32,37). The van der Waals surface area contributed by atoms with Gasteiger partial charge in [-0.25, -0.2) is 22.6 Å². The van der Waals surface area contributed by atoms with Crippen LogP contribution in [0.4, 0.5) is 18.0 Å². The number of amides is 1. The van der Waals surface area contributed by atoms with E-state index in [0.29, 0.717) is 5.56 Å². The summed E-state index contributed by atoms with van der Waals surface area (Å²) in [5.41, 5.74) is 0.590. The van der Waals surface area contributed by atoms with Gasteiger partial charge in [0.2, 0.25) is 11.2 Å². The number of carbonyl (C=O) groups is 2. The Balaban J connectivity index is 1.41. The number of rotatable bonds is 9. The van der Waals surface area contributed by atoms with Crippen molar-refractivity contribution in [1.82, 2.24) is 19.5 Å². The second-order valence-corrected chi connectivity index (χ2v) is 11.6. The number of methoxy groups -OCH3 is 1. The third-order valence-corrected chi connectivity index (χ3v) is 8.11. The van der Waals surface area contributed by atoms with Crippen molar-refractivity contribution in [3.05, 3.63) is 71.1 Å². The molecule has 0 radical (unpaired) electrons. The molecule has 242 valence electrons. The van der Waals surface area contributed by atoms with Crippen LogP contribution < -0.4 is 4.72 Å². The number of alkyl halides is 3. The first-order valence-electron chi connectivity index (χ1n) is 13.4. The van der Waals surface area contributed by atoms with E-state index in [9.17, 15) is 36.4 Å². The average Bonchev–Trinajstić information content (AvgIpc) is 3.46. The van der Waals surface area contributed by atoms with E-state index in [4.69, 9.17) is 4.84 Å². The zero-order valence-electron chi connectivity index (χ0n) is 24.2. The summed E-state index contributed by atoms with van der Waals surface area (Å²) < 4.78 is 78.4. The van der Waals surface area contributed by atoms with Crippen molar-refractivity contribution >= 4 is 22.1 Å². The van der Waals surface area contributed by atoms with Gasteiger partial charge in [0.1, 0.15) is 0 Å². The van der Waals surface area contributed by atoms with Crippen LogP contribution in [0.15, 0.2) is 64.8 Å². The van der Waals surface area contributed by atoms with Gasteiger partial charge in [0.25, 0.3) is 16.3 Å². The Morgan fingerprint density at radius 2 is 1.73 bits per heavy atom. The molecule has 0 aliphatic carbocycles. The highest BCUT2D eigenvalue weighted by molar-refractivity contribution is 7.90. The van der Waals surface area contributed by atoms with Crippen LogP contribution in [0.2, 0.25) is 0 Å². The van der Waals surface area contributed by atoms with E-state index in [1.807, 2.05) is 11.6 Å². The van der Waals surface area contributed by atoms with E-state index < -0.39 is 46.2 Å². The lowest BCUT2D eigenvalue weighted by molar-refractivity contribution is -0.715. The Labute approximate surface area is 255 Å². The molecule has 0 bridgehead atoms. The maximum atomic E-state index is 13.5. The number of nitrogens with one attached hydrogen (secondary N) is 1. The SMILES string of the molecule is COC(=O)OC(C)ON=[N+]([O-])N1CCC(C(=O)NS(=O)(=O)c2ccc(-n3nc(C(F)(F)F)cc3-c3ccc(C)cc3)cc2)CC1. The number of halogens is 3. The Hall–Kier alpha value is -4.87. The van der Waals surface area contributed by atoms with Crippen LogP contribution in [0.25, 0.3) is 16.9 Å². The third-order valence-electron chi connectivity index (χ3n) is 6.75. The molecule has 1 fully saturated rings. The van der Waals surface area contributed by atoms with Crippen LogP contribution in [-0.2, 0) is 35.3 Å². The van der Waals surface area contributed by atoms with Gasteiger partial charge in [-0.15, -0.1) is 5.01 Å². The fourth-order valence-corrected chi connectivity index (χ4v) is 5.39. The lowest BCUT2D eigenvalue weighted by atomic mass is 9.97. The Morgan fingerprint density at radius 1 is 1.11 bits per heavy atom. The van der Waals surface area contributed by atoms with Gasteiger partial charge in [0, 0.05) is 18.4 Å². The number of hydrogen-bond acceptors (Lipinski definition) is 10. The van der Waals surface area contributed by atoms with Crippen molar-refractivity contribution in [3.8, 4) is 16.9 Å². The number of hydrazine groups is 1. The summed E-state index contributed by atoms with van der Waals surface area (Å²) in [7, 11) is -3.24. The summed E-state index contributed by atoms with van der Waals surface area (Å²) in [6, 6.07) is 12.6. The highest BCUT2D eigenvalue weighted by Crippen LogP contribution is 2.33. The van der Waals surface area contributed by atoms with Crippen LogP contribution >= 0.6 is 0 Å². The maximum absolute atomic E-state index is 13.5. The summed E-state index contributed by atoms with van der Waals surface area (Å²) in [5, 5.41) is 20.4. The van der Waals surface area contributed by atoms with Crippen LogP contribution in [0.1, 0.15) is 31.0 Å². The van der Waals surface area contributed by atoms with Crippen LogP contribution in [0.3, 0.4) is 0 Å². The predicted octanol–water partition coefficient (Wildman–Crippen LogP) is 4.32. The summed E-state index contributed by atoms with van der Waals surface area (Å²) in [6.45, 7) is 3.23. The molecule has 1 N–H and O–H groups in total. The number of carbonyl (C=O) groups excluding carboxylic acids is 2. The third kappa shape index (κ3) is 8.20. The average molecular weight is 655 g/mol. The minimum Gasteiger partial charge on any atom is -0.569 e. The van der Waals surface area contributed by atoms with Crippen molar-refractivity contribution in [1.29, 1.82) is 0 Å². The summed E-state index contributed by atoms with van der Waals surface area (Å²) in [4.78, 5) is 28.4. The Morgan fingerprint density at radius 3 is 2.31 bits per heavy atom. The van der Waals surface area contributed by atoms with Crippen molar-refractivity contribution in [2.24, 2.45) is 11.2 Å². The topological polar surface area (TPSA) is 167 Å². The van der Waals surface area contributed by atoms with E-state index >= 15 is 0 Å². The van der Waals surface area contributed by atoms with Gasteiger partial charge < -0.3 is 14.7 Å². The maximum Gasteiger partial charge on any atom is 0.511 e. The smallest absolute Gasteiger partial charge is 0.511 e. The van der Waals surface area contributed by atoms with Crippen molar-refractivity contribution in [3.63, 3.8) is 0 Å². The number of ether oxygens (including phenoxy) is 2. The molecule has 1 aliphatic heterocycles. The first-order valence-corrected chi connectivity index (χ1v) is 14.9. The van der Waals surface area contributed by atoms with Gasteiger partial charge in [-0.05, 0) is 50.1 Å². The molecule has 2 heterocycles. The molecule has 1 unspecified atom stereocenters. The number of hydrogen-bond donors (Lipinski definition) is 1. The number of aryl methyl sites for hydroxylation is 1. The minimum atomic E-state index is -4.71. The molecule has 18 heteroatoms. The number of nitrogens with zero attached hydrogens (tertiary/aromatic N) is 5. The van der Waals surface area contributed by atoms with Gasteiger partial charge in [-0.1, -0.05) is 29.8 Å². The second-order valence-electron chi connectivity index (χ2n) is 9.96. The van der Waals surface area contributed by atoms with Gasteiger partial charge in [0.15, 0.2) is 5.69 Å².